The molecule has 0 spiro atoms. The lowest BCUT2D eigenvalue weighted by atomic mass is 9.90. The molecule has 1 aliphatic carbocycles. The molecule has 1 heterocycles. The van der Waals surface area contributed by atoms with Gasteiger partial charge in [-0.05, 0) is 49.6 Å². The Morgan fingerprint density at radius 1 is 1.09 bits per heavy atom. The van der Waals surface area contributed by atoms with E-state index in [-0.39, 0.29) is 17.7 Å². The van der Waals surface area contributed by atoms with Crippen molar-refractivity contribution in [1.82, 2.24) is 10.3 Å². The van der Waals surface area contributed by atoms with Gasteiger partial charge in [-0.3, -0.25) is 14.9 Å². The van der Waals surface area contributed by atoms with Crippen molar-refractivity contribution < 1.29 is 19.1 Å². The highest BCUT2D eigenvalue weighted by molar-refractivity contribution is 7.16. The van der Waals surface area contributed by atoms with E-state index in [1.54, 1.807) is 38.5 Å². The second-order valence-electron chi connectivity index (χ2n) is 7.48. The van der Waals surface area contributed by atoms with Crippen molar-refractivity contribution in [3.8, 4) is 11.5 Å². The molecule has 3 aromatic rings. The number of aryl methyl sites for hydroxylation is 1. The average Bonchev–Trinajstić information content (AvgIpc) is 3.25. The van der Waals surface area contributed by atoms with Crippen LogP contribution in [0.1, 0.15) is 45.3 Å². The minimum atomic E-state index is -0.323. The number of hydrogen-bond donors (Lipinski definition) is 2. The number of nitrogens with zero attached hydrogens (tertiary/aromatic N) is 1. The minimum Gasteiger partial charge on any atom is -0.497 e. The van der Waals surface area contributed by atoms with E-state index in [2.05, 4.69) is 15.6 Å². The lowest BCUT2D eigenvalue weighted by Gasteiger charge is -2.20. The average molecular weight is 452 g/mol. The predicted octanol–water partition coefficient (Wildman–Crippen LogP) is 4.15. The molecular formula is C24H25N3O4S. The number of methoxy groups -OCH3 is 2. The Morgan fingerprint density at radius 3 is 2.62 bits per heavy atom. The Bertz CT molecular complexity index is 1110. The highest BCUT2D eigenvalue weighted by atomic mass is 32.1. The lowest BCUT2D eigenvalue weighted by Crippen LogP contribution is -2.31. The molecule has 166 valence electrons. The van der Waals surface area contributed by atoms with Crippen LogP contribution in [0.5, 0.6) is 11.5 Å². The van der Waals surface area contributed by atoms with E-state index in [0.717, 1.165) is 41.1 Å². The van der Waals surface area contributed by atoms with E-state index in [4.69, 9.17) is 9.47 Å². The smallest absolute Gasteiger partial charge is 0.257 e. The molecule has 7 nitrogen and oxygen atoms in total. The van der Waals surface area contributed by atoms with Gasteiger partial charge in [0.2, 0.25) is 5.91 Å². The van der Waals surface area contributed by atoms with E-state index in [1.807, 2.05) is 24.3 Å². The molecule has 0 saturated carbocycles. The summed E-state index contributed by atoms with van der Waals surface area (Å²) in [6, 6.07) is 14.5. The molecule has 0 fully saturated rings. The van der Waals surface area contributed by atoms with E-state index in [9.17, 15) is 9.59 Å². The van der Waals surface area contributed by atoms with Crippen LogP contribution in [0.15, 0.2) is 48.5 Å². The summed E-state index contributed by atoms with van der Waals surface area (Å²) >= 11 is 1.44. The Hall–Kier alpha value is -3.39. The third-order valence-electron chi connectivity index (χ3n) is 5.49. The molecule has 1 aromatic heterocycles. The number of hydrogen-bond acceptors (Lipinski definition) is 6. The molecule has 2 aromatic carbocycles. The van der Waals surface area contributed by atoms with Crippen LogP contribution in [0.3, 0.4) is 0 Å². The molecule has 32 heavy (non-hydrogen) atoms. The topological polar surface area (TPSA) is 89.5 Å². The maximum Gasteiger partial charge on any atom is 0.257 e. The molecule has 0 bridgehead atoms. The Labute approximate surface area is 190 Å². The predicted molar refractivity (Wildman–Crippen MR) is 124 cm³/mol. The number of amides is 2. The fourth-order valence-corrected chi connectivity index (χ4v) is 4.85. The zero-order valence-electron chi connectivity index (χ0n) is 18.0. The summed E-state index contributed by atoms with van der Waals surface area (Å²) in [5.74, 6) is 0.810. The summed E-state index contributed by atoms with van der Waals surface area (Å²) < 4.78 is 10.5. The summed E-state index contributed by atoms with van der Waals surface area (Å²) in [7, 11) is 3.20. The van der Waals surface area contributed by atoms with Gasteiger partial charge in [0.1, 0.15) is 11.5 Å². The molecule has 0 saturated heterocycles. The van der Waals surface area contributed by atoms with Crippen molar-refractivity contribution in [2.45, 2.75) is 31.7 Å². The second-order valence-corrected chi connectivity index (χ2v) is 8.57. The number of anilines is 1. The Morgan fingerprint density at radius 2 is 1.88 bits per heavy atom. The largest absolute Gasteiger partial charge is 0.497 e. The first-order chi connectivity index (χ1) is 15.6. The summed E-state index contributed by atoms with van der Waals surface area (Å²) in [4.78, 5) is 31.2. The fourth-order valence-electron chi connectivity index (χ4n) is 3.79. The lowest BCUT2D eigenvalue weighted by molar-refractivity contribution is -0.123. The summed E-state index contributed by atoms with van der Waals surface area (Å²) in [6.45, 7) is 0.389. The SMILES string of the molecule is COc1ccc(C(=O)Nc2nc3c(s2)CCC[C@H]3C(=O)NCc2ccccc2OC)cc1. The van der Waals surface area contributed by atoms with E-state index in [1.165, 1.54) is 11.3 Å². The number of para-hydroxylation sites is 1. The van der Waals surface area contributed by atoms with E-state index < -0.39 is 0 Å². The van der Waals surface area contributed by atoms with Gasteiger partial charge < -0.3 is 14.8 Å². The van der Waals surface area contributed by atoms with Gasteiger partial charge in [0.05, 0.1) is 25.8 Å². The van der Waals surface area contributed by atoms with Gasteiger partial charge in [0, 0.05) is 22.5 Å². The number of carbonyl (C=O) groups is 2. The number of ether oxygens (including phenoxy) is 2. The van der Waals surface area contributed by atoms with Gasteiger partial charge in [-0.2, -0.15) is 0 Å². The van der Waals surface area contributed by atoms with Crippen LogP contribution in [-0.4, -0.2) is 31.0 Å². The van der Waals surface area contributed by atoms with Crippen molar-refractivity contribution in [2.75, 3.05) is 19.5 Å². The third kappa shape index (κ3) is 4.75. The van der Waals surface area contributed by atoms with Crippen molar-refractivity contribution in [1.29, 1.82) is 0 Å². The first-order valence-corrected chi connectivity index (χ1v) is 11.2. The molecule has 2 amide bonds. The first kappa shape index (κ1) is 21.8. The molecular weight excluding hydrogens is 426 g/mol. The van der Waals surface area contributed by atoms with Crippen LogP contribution in [-0.2, 0) is 17.8 Å². The minimum absolute atomic E-state index is 0.0600. The van der Waals surface area contributed by atoms with Gasteiger partial charge in [-0.25, -0.2) is 4.98 Å². The van der Waals surface area contributed by atoms with Gasteiger partial charge in [0.25, 0.3) is 5.91 Å². The Balaban J connectivity index is 1.44. The number of benzene rings is 2. The number of fused-ring (bicyclic) bond motifs is 1. The molecule has 0 aliphatic heterocycles. The number of carbonyl (C=O) groups excluding carboxylic acids is 2. The normalized spacial score (nSPS) is 14.9. The molecule has 1 aliphatic rings. The van der Waals surface area contributed by atoms with Crippen molar-refractivity contribution in [2.24, 2.45) is 0 Å². The van der Waals surface area contributed by atoms with Crippen molar-refractivity contribution in [3.05, 3.63) is 70.2 Å². The van der Waals surface area contributed by atoms with Crippen LogP contribution in [0.4, 0.5) is 5.13 Å². The molecule has 8 heteroatoms. The summed E-state index contributed by atoms with van der Waals surface area (Å²) in [5.41, 5.74) is 2.21. The number of thiazole rings is 1. The summed E-state index contributed by atoms with van der Waals surface area (Å²) in [6.07, 6.45) is 2.51. The zero-order chi connectivity index (χ0) is 22.5. The van der Waals surface area contributed by atoms with Crippen LogP contribution in [0.2, 0.25) is 0 Å². The highest BCUT2D eigenvalue weighted by Gasteiger charge is 2.30. The van der Waals surface area contributed by atoms with Gasteiger partial charge in [-0.15, -0.1) is 11.3 Å². The van der Waals surface area contributed by atoms with Crippen LogP contribution >= 0.6 is 11.3 Å². The third-order valence-corrected chi connectivity index (χ3v) is 6.54. The van der Waals surface area contributed by atoms with Gasteiger partial charge in [-0.1, -0.05) is 18.2 Å². The van der Waals surface area contributed by atoms with Crippen molar-refractivity contribution in [3.63, 3.8) is 0 Å². The van der Waals surface area contributed by atoms with Gasteiger partial charge >= 0.3 is 0 Å². The zero-order valence-corrected chi connectivity index (χ0v) is 18.8. The maximum atomic E-state index is 13.0. The summed E-state index contributed by atoms with van der Waals surface area (Å²) in [5, 5.41) is 6.40. The molecule has 0 unspecified atom stereocenters. The van der Waals surface area contributed by atoms with E-state index >= 15 is 0 Å². The number of nitrogens with one attached hydrogen (secondary N) is 2. The standard InChI is InChI=1S/C24H25N3O4S/c1-30-17-12-10-15(11-13-17)22(28)27-24-26-21-18(7-5-9-20(21)32-24)23(29)25-14-16-6-3-4-8-19(16)31-2/h3-4,6,8,10-13,18H,5,7,9,14H2,1-2H3,(H,25,29)(H,26,27,28)/t18-/m1/s1. The van der Waals surface area contributed by atoms with Crippen LogP contribution < -0.4 is 20.1 Å². The fraction of sp³-hybridized carbons (Fsp3) is 0.292. The number of aromatic nitrogens is 1. The molecule has 4 rings (SSSR count). The van der Waals surface area contributed by atoms with Crippen LogP contribution in [0, 0.1) is 0 Å². The Kier molecular flexibility index (Phi) is 6.70. The second kappa shape index (κ2) is 9.82. The molecule has 1 atom stereocenters. The van der Waals surface area contributed by atoms with Crippen LogP contribution in [0.25, 0.3) is 0 Å². The maximum absolute atomic E-state index is 13.0. The van der Waals surface area contributed by atoms with Crippen molar-refractivity contribution >= 4 is 28.3 Å². The monoisotopic (exact) mass is 451 g/mol. The first-order valence-electron chi connectivity index (χ1n) is 10.4. The number of rotatable bonds is 7. The van der Waals surface area contributed by atoms with Gasteiger partial charge in [0.15, 0.2) is 5.13 Å². The molecule has 2 N–H and O–H groups in total. The highest BCUT2D eigenvalue weighted by Crippen LogP contribution is 2.37. The van der Waals surface area contributed by atoms with E-state index in [0.29, 0.717) is 23.0 Å². The molecule has 0 radical (unpaired) electrons. The quantitative estimate of drug-likeness (QED) is 0.563.